The maximum absolute atomic E-state index is 12.6. The number of halogens is 4. The molecular formula is C20H29ClF3N3O5. The number of aliphatic hydroxyl groups excluding tert-OH is 1. The Hall–Kier alpha value is -2.24. The molecule has 1 aromatic rings. The highest BCUT2D eigenvalue weighted by Gasteiger charge is 2.38. The number of nitrogen functional groups attached to an aromatic ring is 1. The fraction of sp³-hybridized carbons (Fsp3) is 0.600. The average molecular weight is 484 g/mol. The van der Waals surface area contributed by atoms with E-state index in [1.807, 2.05) is 0 Å². The third kappa shape index (κ3) is 9.49. The quantitative estimate of drug-likeness (QED) is 0.331. The normalized spacial score (nSPS) is 14.9. The van der Waals surface area contributed by atoms with E-state index in [-0.39, 0.29) is 18.6 Å². The van der Waals surface area contributed by atoms with Crippen LogP contribution in [0.25, 0.3) is 0 Å². The number of carboxylic acid groups (broad SMARTS) is 1. The molecule has 1 heterocycles. The number of aliphatic hydroxyl groups is 1. The van der Waals surface area contributed by atoms with Gasteiger partial charge in [0.25, 0.3) is 5.91 Å². The van der Waals surface area contributed by atoms with Crippen molar-refractivity contribution in [2.75, 3.05) is 39.1 Å². The molecule has 0 atom stereocenters. The number of unbranched alkanes of at least 4 members (excludes halogenated alkanes) is 2. The Bertz CT molecular complexity index is 757. The van der Waals surface area contributed by atoms with Gasteiger partial charge in [-0.3, -0.25) is 4.79 Å². The molecule has 1 aliphatic rings. The van der Waals surface area contributed by atoms with Crippen LogP contribution in [0, 0.1) is 0 Å². The standard InChI is InChI=1S/C18H28ClN3O3.C2HF3O2/c1-25-17-12-16(20)15(19)11-14(17)18(24)21-13-5-8-22(9-6-13)7-3-2-4-10-23;3-2(4,5)1(6)7/h11-13,23H,2-10,20H2,1H3,(H,21,24);(H,6,7). The van der Waals surface area contributed by atoms with Crippen LogP contribution in [0.3, 0.4) is 0 Å². The number of ether oxygens (including phenoxy) is 1. The lowest BCUT2D eigenvalue weighted by atomic mass is 10.0. The zero-order valence-electron chi connectivity index (χ0n) is 17.8. The zero-order chi connectivity index (χ0) is 24.3. The van der Waals surface area contributed by atoms with Crippen LogP contribution in [0.15, 0.2) is 12.1 Å². The molecule has 1 fully saturated rings. The number of anilines is 1. The third-order valence-corrected chi connectivity index (χ3v) is 5.19. The Morgan fingerprint density at radius 1 is 1.25 bits per heavy atom. The number of nitrogens with one attached hydrogen (secondary N) is 1. The van der Waals surface area contributed by atoms with Gasteiger partial charge in [0.15, 0.2) is 0 Å². The van der Waals surface area contributed by atoms with Crippen molar-refractivity contribution in [3.63, 3.8) is 0 Å². The zero-order valence-corrected chi connectivity index (χ0v) is 18.5. The summed E-state index contributed by atoms with van der Waals surface area (Å²) in [4.78, 5) is 23.9. The summed E-state index contributed by atoms with van der Waals surface area (Å²) in [6.07, 6.45) is -0.185. The number of nitrogens with zero attached hydrogens (tertiary/aromatic N) is 1. The van der Waals surface area contributed by atoms with E-state index in [0.717, 1.165) is 51.7 Å². The molecule has 1 saturated heterocycles. The molecule has 32 heavy (non-hydrogen) atoms. The first-order valence-electron chi connectivity index (χ1n) is 10.1. The van der Waals surface area contributed by atoms with Gasteiger partial charge in [0.05, 0.1) is 23.4 Å². The van der Waals surface area contributed by atoms with E-state index in [0.29, 0.717) is 22.0 Å². The molecule has 8 nitrogen and oxygen atoms in total. The Balaban J connectivity index is 0.000000633. The smallest absolute Gasteiger partial charge is 0.490 e. The minimum atomic E-state index is -5.08. The summed E-state index contributed by atoms with van der Waals surface area (Å²) >= 11 is 6.04. The molecule has 0 aromatic heterocycles. The first-order chi connectivity index (χ1) is 15.0. The van der Waals surface area contributed by atoms with E-state index >= 15 is 0 Å². The van der Waals surface area contributed by atoms with Gasteiger partial charge in [-0.15, -0.1) is 0 Å². The van der Waals surface area contributed by atoms with Crippen LogP contribution in [-0.2, 0) is 4.79 Å². The molecule has 0 saturated carbocycles. The molecule has 1 amide bonds. The van der Waals surface area contributed by atoms with Gasteiger partial charge >= 0.3 is 12.1 Å². The Kier molecular flexibility index (Phi) is 11.6. The lowest BCUT2D eigenvalue weighted by Crippen LogP contribution is -2.44. The number of piperidine rings is 1. The molecule has 2 rings (SSSR count). The van der Waals surface area contributed by atoms with Crippen molar-refractivity contribution in [1.82, 2.24) is 10.2 Å². The second kappa shape index (κ2) is 13.3. The highest BCUT2D eigenvalue weighted by molar-refractivity contribution is 6.33. The minimum Gasteiger partial charge on any atom is -0.496 e. The Morgan fingerprint density at radius 2 is 1.84 bits per heavy atom. The number of benzene rings is 1. The molecule has 1 aromatic carbocycles. The molecule has 0 bridgehead atoms. The van der Waals surface area contributed by atoms with Crippen molar-refractivity contribution in [2.24, 2.45) is 0 Å². The number of nitrogens with two attached hydrogens (primary N) is 1. The van der Waals surface area contributed by atoms with Crippen molar-refractivity contribution in [3.05, 3.63) is 22.7 Å². The first-order valence-corrected chi connectivity index (χ1v) is 10.4. The fourth-order valence-electron chi connectivity index (χ4n) is 3.10. The lowest BCUT2D eigenvalue weighted by molar-refractivity contribution is -0.192. The van der Waals surface area contributed by atoms with Gasteiger partial charge in [0.2, 0.25) is 0 Å². The van der Waals surface area contributed by atoms with Crippen LogP contribution < -0.4 is 15.8 Å². The topological polar surface area (TPSA) is 125 Å². The number of carboxylic acids is 1. The predicted octanol–water partition coefficient (Wildman–Crippen LogP) is 2.92. The summed E-state index contributed by atoms with van der Waals surface area (Å²) in [5.74, 6) is -2.51. The molecule has 12 heteroatoms. The van der Waals surface area contributed by atoms with Gasteiger partial charge in [0, 0.05) is 31.8 Å². The number of methoxy groups -OCH3 is 1. The molecule has 1 aliphatic heterocycles. The van der Waals surface area contributed by atoms with Crippen molar-refractivity contribution in [3.8, 4) is 5.75 Å². The van der Waals surface area contributed by atoms with Gasteiger partial charge in [-0.1, -0.05) is 11.6 Å². The second-order valence-electron chi connectivity index (χ2n) is 7.25. The molecular weight excluding hydrogens is 455 g/mol. The molecule has 182 valence electrons. The highest BCUT2D eigenvalue weighted by atomic mass is 35.5. The molecule has 0 unspecified atom stereocenters. The van der Waals surface area contributed by atoms with E-state index in [1.54, 1.807) is 12.1 Å². The second-order valence-corrected chi connectivity index (χ2v) is 7.66. The maximum Gasteiger partial charge on any atom is 0.490 e. The first kappa shape index (κ1) is 27.8. The van der Waals surface area contributed by atoms with Crippen LogP contribution in [0.5, 0.6) is 5.75 Å². The number of aliphatic carboxylic acids is 1. The maximum atomic E-state index is 12.6. The van der Waals surface area contributed by atoms with E-state index in [2.05, 4.69) is 10.2 Å². The summed E-state index contributed by atoms with van der Waals surface area (Å²) in [6.45, 7) is 3.28. The van der Waals surface area contributed by atoms with Crippen LogP contribution in [0.4, 0.5) is 18.9 Å². The minimum absolute atomic E-state index is 0.155. The summed E-state index contributed by atoms with van der Waals surface area (Å²) in [5, 5.41) is 19.4. The Labute approximate surface area is 189 Å². The van der Waals surface area contributed by atoms with E-state index in [4.69, 9.17) is 37.1 Å². The number of hydrogen-bond acceptors (Lipinski definition) is 6. The third-order valence-electron chi connectivity index (χ3n) is 4.86. The number of rotatable bonds is 8. The number of hydrogen-bond donors (Lipinski definition) is 4. The summed E-state index contributed by atoms with van der Waals surface area (Å²) < 4.78 is 37.0. The van der Waals surface area contributed by atoms with Gasteiger partial charge < -0.3 is 30.9 Å². The SMILES string of the molecule is COc1cc(N)c(Cl)cc1C(=O)NC1CCN(CCCCCO)CC1.O=C(O)C(F)(F)F. The predicted molar refractivity (Wildman–Crippen MR) is 114 cm³/mol. The van der Waals surface area contributed by atoms with Crippen LogP contribution >= 0.6 is 11.6 Å². The van der Waals surface area contributed by atoms with Crippen molar-refractivity contribution in [2.45, 2.75) is 44.3 Å². The van der Waals surface area contributed by atoms with E-state index in [1.165, 1.54) is 7.11 Å². The van der Waals surface area contributed by atoms with Crippen molar-refractivity contribution < 1.29 is 37.7 Å². The number of carbonyl (C=O) groups excluding carboxylic acids is 1. The molecule has 0 spiro atoms. The van der Waals surface area contributed by atoms with Crippen LogP contribution in [0.2, 0.25) is 5.02 Å². The van der Waals surface area contributed by atoms with Crippen molar-refractivity contribution in [1.29, 1.82) is 0 Å². The van der Waals surface area contributed by atoms with E-state index in [9.17, 15) is 18.0 Å². The van der Waals surface area contributed by atoms with Crippen LogP contribution in [-0.4, -0.2) is 72.6 Å². The molecule has 0 radical (unpaired) electrons. The van der Waals surface area contributed by atoms with Gasteiger partial charge in [-0.05, 0) is 44.7 Å². The van der Waals surface area contributed by atoms with E-state index < -0.39 is 12.1 Å². The number of alkyl halides is 3. The number of amides is 1. The monoisotopic (exact) mass is 483 g/mol. The van der Waals surface area contributed by atoms with Gasteiger partial charge in [0.1, 0.15) is 5.75 Å². The number of likely N-dealkylation sites (tertiary alicyclic amines) is 1. The van der Waals surface area contributed by atoms with Gasteiger partial charge in [-0.25, -0.2) is 4.79 Å². The van der Waals surface area contributed by atoms with Gasteiger partial charge in [-0.2, -0.15) is 13.2 Å². The summed E-state index contributed by atoms with van der Waals surface area (Å²) in [5.41, 5.74) is 6.56. The molecule has 5 N–H and O–H groups in total. The number of carbonyl (C=O) groups is 2. The average Bonchev–Trinajstić information content (AvgIpc) is 2.73. The van der Waals surface area contributed by atoms with Crippen LogP contribution in [0.1, 0.15) is 42.5 Å². The Morgan fingerprint density at radius 3 is 2.34 bits per heavy atom. The highest BCUT2D eigenvalue weighted by Crippen LogP contribution is 2.29. The fourth-order valence-corrected chi connectivity index (χ4v) is 3.27. The molecule has 0 aliphatic carbocycles. The summed E-state index contributed by atoms with van der Waals surface area (Å²) in [6, 6.07) is 3.29. The summed E-state index contributed by atoms with van der Waals surface area (Å²) in [7, 11) is 1.51. The van der Waals surface area contributed by atoms with Crippen molar-refractivity contribution >= 4 is 29.2 Å². The largest absolute Gasteiger partial charge is 0.496 e. The lowest BCUT2D eigenvalue weighted by Gasteiger charge is -2.32.